The summed E-state index contributed by atoms with van der Waals surface area (Å²) < 4.78 is 61.3. The zero-order valence-electron chi connectivity index (χ0n) is 64.9. The summed E-state index contributed by atoms with van der Waals surface area (Å²) in [6.07, 6.45) is 11.9. The molecule has 0 spiro atoms. The van der Waals surface area contributed by atoms with Crippen molar-refractivity contribution in [1.82, 2.24) is 0 Å². The number of aromatic hydroxyl groups is 2. The van der Waals surface area contributed by atoms with Gasteiger partial charge in [0.1, 0.15) is 34.6 Å². The van der Waals surface area contributed by atoms with Crippen molar-refractivity contribution in [3.63, 3.8) is 0 Å². The molecule has 0 saturated heterocycles. The van der Waals surface area contributed by atoms with Crippen molar-refractivity contribution in [2.24, 2.45) is 92.7 Å². The number of carbonyl (C=O) groups excluding carboxylic acids is 5. The minimum absolute atomic E-state index is 0. The second-order valence-electron chi connectivity index (χ2n) is 33.8. The number of hydrogen-bond acceptors (Lipinski definition) is 12. The summed E-state index contributed by atoms with van der Waals surface area (Å²) in [7, 11) is -6.23. The van der Waals surface area contributed by atoms with E-state index in [1.54, 1.807) is 72.8 Å². The van der Waals surface area contributed by atoms with Crippen LogP contribution in [0.4, 0.5) is 8.78 Å². The Labute approximate surface area is 744 Å². The third-order valence-corrected chi connectivity index (χ3v) is 34.4. The Balaban J connectivity index is 0.000000150. The van der Waals surface area contributed by atoms with Gasteiger partial charge in [-0.25, -0.2) is 8.78 Å². The van der Waals surface area contributed by atoms with Gasteiger partial charge >= 0.3 is 103 Å². The molecule has 14 aliphatic carbocycles. The molecule has 10 aromatic carbocycles. The van der Waals surface area contributed by atoms with E-state index < -0.39 is 14.3 Å². The monoisotopic (exact) mass is 1600 g/mol. The Kier molecular flexibility index (Phi) is 23.3. The Morgan fingerprint density at radius 3 is 0.788 bits per heavy atom. The largest absolute Gasteiger partial charge is 1.00 e. The number of hydrogen-bond donors (Lipinski definition) is 2. The van der Waals surface area contributed by atoms with Crippen LogP contribution < -0.4 is 145 Å². The Morgan fingerprint density at radius 2 is 0.540 bits per heavy atom. The van der Waals surface area contributed by atoms with Crippen LogP contribution in [0.15, 0.2) is 255 Å². The molecule has 113 heavy (non-hydrogen) atoms. The molecule has 24 rings (SSSR count). The van der Waals surface area contributed by atoms with Gasteiger partial charge in [-0.15, -0.1) is 0 Å². The predicted molar refractivity (Wildman–Crippen MR) is 423 cm³/mol. The molecule has 1 atom stereocenters. The minimum Gasteiger partial charge on any atom is -1.00 e. The summed E-state index contributed by atoms with van der Waals surface area (Å²) in [4.78, 5) is 67.1. The van der Waals surface area contributed by atoms with Gasteiger partial charge in [0.2, 0.25) is 0 Å². The number of ether oxygens (including phenoxy) is 1. The molecule has 566 valence electrons. The fraction of sp³-hybridized carbons (Fsp3) is 0.316. The molecule has 0 aromatic heterocycles. The van der Waals surface area contributed by atoms with Crippen molar-refractivity contribution in [3.05, 3.63) is 300 Å². The number of aryl methyl sites for hydroxylation is 2. The summed E-state index contributed by atoms with van der Waals surface area (Å²) in [6, 6.07) is 75.0. The van der Waals surface area contributed by atoms with Crippen LogP contribution in [-0.2, 0) is 18.8 Å². The molecule has 1 unspecified atom stereocenters. The first-order valence-electron chi connectivity index (χ1n) is 38.9. The molecule has 12 nitrogen and oxygen atoms in total. The molecule has 16 bridgehead atoms. The van der Waals surface area contributed by atoms with Gasteiger partial charge in [0.25, 0.3) is 6.47 Å². The molecule has 0 amide bonds. The smallest absolute Gasteiger partial charge is 1.00 e. The van der Waals surface area contributed by atoms with E-state index in [-0.39, 0.29) is 167 Å². The zero-order valence-corrected chi connectivity index (χ0v) is 71.9. The van der Waals surface area contributed by atoms with Gasteiger partial charge in [-0.3, -0.25) is 24.0 Å². The topological polar surface area (TPSA) is 201 Å². The predicted octanol–water partition coefficient (Wildman–Crippen LogP) is 11.3. The van der Waals surface area contributed by atoms with Crippen LogP contribution in [0, 0.1) is 118 Å². The van der Waals surface area contributed by atoms with E-state index in [4.69, 9.17) is 14.8 Å². The molecule has 14 saturated carbocycles. The average Bonchev–Trinajstić information content (AvgIpc) is 0.671. The van der Waals surface area contributed by atoms with Crippen LogP contribution in [0.2, 0.25) is 0 Å². The van der Waals surface area contributed by atoms with E-state index >= 15 is 0 Å². The molecular formula is C95H88F2K2O12P2. The van der Waals surface area contributed by atoms with Crippen LogP contribution in [-0.4, -0.2) is 39.8 Å². The maximum atomic E-state index is 14.8. The number of benzene rings is 10. The molecule has 14 fully saturated rings. The second-order valence-corrected chi connectivity index (χ2v) is 39.3. The van der Waals surface area contributed by atoms with Gasteiger partial charge in [-0.1, -0.05) is 120 Å². The fourth-order valence-electron chi connectivity index (χ4n) is 23.9. The molecule has 0 heterocycles. The van der Waals surface area contributed by atoms with Gasteiger partial charge in [-0.05, 0) is 308 Å². The maximum Gasteiger partial charge on any atom is 1.00 e. The summed E-state index contributed by atoms with van der Waals surface area (Å²) in [5, 5.41) is 31.7. The quantitative estimate of drug-likeness (QED) is 0.0218. The number of ketones is 4. The van der Waals surface area contributed by atoms with Gasteiger partial charge < -0.3 is 35.7 Å². The first kappa shape index (κ1) is 81.4. The average molecular weight is 1600 g/mol. The van der Waals surface area contributed by atoms with Crippen molar-refractivity contribution in [1.29, 1.82) is 0 Å². The third-order valence-electron chi connectivity index (χ3n) is 28.2. The van der Waals surface area contributed by atoms with E-state index in [0.717, 1.165) is 121 Å². The molecular weight excluding hydrogens is 1510 g/mol. The summed E-state index contributed by atoms with van der Waals surface area (Å²) >= 11 is 0. The molecule has 0 radical (unpaired) electrons. The summed E-state index contributed by atoms with van der Waals surface area (Å²) in [5.41, 5.74) is 4.51. The van der Waals surface area contributed by atoms with Crippen molar-refractivity contribution < 1.29 is 171 Å². The van der Waals surface area contributed by atoms with Crippen LogP contribution in [0.1, 0.15) is 131 Å². The summed E-state index contributed by atoms with van der Waals surface area (Å²) in [6.45, 7) is 3.93. The van der Waals surface area contributed by atoms with Crippen LogP contribution in [0.3, 0.4) is 0 Å². The van der Waals surface area contributed by atoms with Gasteiger partial charge in [-0.2, -0.15) is 0 Å². The maximum absolute atomic E-state index is 14.8. The minimum atomic E-state index is -3.15. The van der Waals surface area contributed by atoms with Crippen LogP contribution >= 0.6 is 14.3 Å². The Bertz CT molecular complexity index is 5040. The molecule has 14 aliphatic rings. The molecule has 10 aromatic rings. The molecule has 2 N–H and O–H groups in total. The van der Waals surface area contributed by atoms with Gasteiger partial charge in [0, 0.05) is 75.7 Å². The first-order chi connectivity index (χ1) is 53.6. The number of rotatable bonds is 17. The van der Waals surface area contributed by atoms with Crippen molar-refractivity contribution in [2.45, 2.75) is 90.9 Å². The number of halogens is 2. The van der Waals surface area contributed by atoms with Crippen molar-refractivity contribution in [2.75, 3.05) is 0 Å². The molecule has 0 aliphatic heterocycles. The normalized spacial score (nSPS) is 29.1. The van der Waals surface area contributed by atoms with E-state index in [9.17, 15) is 47.3 Å². The number of phenolic OH excluding ortho intramolecular Hbond substituents is 2. The van der Waals surface area contributed by atoms with Gasteiger partial charge in [0.15, 0.2) is 37.4 Å². The van der Waals surface area contributed by atoms with E-state index in [2.05, 4.69) is 23.9 Å². The fourth-order valence-corrected chi connectivity index (χ4v) is 29.1. The van der Waals surface area contributed by atoms with Crippen LogP contribution in [0.5, 0.6) is 23.0 Å². The Morgan fingerprint density at radius 1 is 0.345 bits per heavy atom. The third kappa shape index (κ3) is 14.5. The number of carbonyl (C=O) groups is 5. The first-order valence-corrected chi connectivity index (χ1v) is 42.3. The standard InChI is InChI=1S/C48H45O4P.C28H28O4.C18H13F2OP.CH2O3.2K.H/c1-30-8-12-32(13-9-30)45(49)47-24-39-42-27-48(28-43(39)41(26-47)44(29-48)40(42)25-47)46(50)33-14-16-34(17-15-33)52-35-18-22-38(23-19-35)53(51,36-6-4-3-5-7-36)37-20-10-31(2)11-21-37;29-17-5-1-15(2-6-17)25(31)27-9-19-22-12-28(26(32)16-3-7-18(30)8-4-16)13-23(19)21(11-27)24(14-28)20(22)10-27;19-14-6-10-17(11-7-14)22(21,16-4-2-1-3-5-16)18-12-8-15(20)9-13-18;2-1-4-3;;;/h3-23,39-44H,24-29H2,1-2H3;1-8,19-24,29-30H,9-14H2;1-13H;1,3H;;;/q;;;;2*+1;-1/p-1. The molecule has 18 heteroatoms. The number of phenols is 2. The second kappa shape index (κ2) is 32.3. The Hall–Kier alpha value is -6.70. The zero-order chi connectivity index (χ0) is 76.9. The van der Waals surface area contributed by atoms with Crippen molar-refractivity contribution in [3.8, 4) is 23.0 Å². The van der Waals surface area contributed by atoms with E-state index in [0.29, 0.717) is 110 Å². The summed E-state index contributed by atoms with van der Waals surface area (Å²) in [5.74, 6) is 9.10. The number of Topliss-reactive ketones (excluding diaryl/α,β-unsaturated/α-hetero) is 4. The SMILES string of the molecule is Cc1ccc(C(=O)C23CC4C5CC6(C(=O)c7ccc(Oc8ccc(P(=O)(c9ccccc9)c9ccc(C)cc9)cc8)cc7)CC4C(C2)C(C6)C5C3)cc1.O=C(c1ccc(O)cc1)C12CC3C4CC5(C(=O)c6ccc(O)cc6)CC3C(C1)C(C5)C4C2.O=CO[O-].O=P(c1ccccc1)(c1ccc(F)cc1)c1ccc(F)cc1.[H-].[K+].[K+]. The van der Waals surface area contributed by atoms with Crippen LogP contribution in [0.25, 0.3) is 0 Å². The van der Waals surface area contributed by atoms with E-state index in [1.807, 2.05) is 128 Å². The van der Waals surface area contributed by atoms with Crippen molar-refractivity contribution >= 4 is 75.7 Å². The van der Waals surface area contributed by atoms with E-state index in [1.165, 1.54) is 54.1 Å². The van der Waals surface area contributed by atoms with Gasteiger partial charge in [0.05, 0.1) is 0 Å².